The standard InChI is InChI=1S/C11H8N6O7S2/c18-10-8(26(22,23)24)4-5-3-6(25(19,20)21)1-2-7(5)9(10)12-13-11-14-16-17-15-11/h1-4,18H,(H,19,20,21)(H,22,23,24)(H,14,15,16,17). The molecule has 0 aliphatic carbocycles. The molecule has 0 bridgehead atoms. The Morgan fingerprint density at radius 3 is 2.31 bits per heavy atom. The summed E-state index contributed by atoms with van der Waals surface area (Å²) in [6.45, 7) is 0. The van der Waals surface area contributed by atoms with Crippen LogP contribution < -0.4 is 0 Å². The van der Waals surface area contributed by atoms with Crippen molar-refractivity contribution in [2.24, 2.45) is 10.2 Å². The molecule has 3 aromatic rings. The summed E-state index contributed by atoms with van der Waals surface area (Å²) >= 11 is 0. The van der Waals surface area contributed by atoms with E-state index in [-0.39, 0.29) is 16.7 Å². The maximum atomic E-state index is 11.5. The Balaban J connectivity index is 2.35. The van der Waals surface area contributed by atoms with E-state index in [1.54, 1.807) is 0 Å². The average Bonchev–Trinajstić information content (AvgIpc) is 3.04. The van der Waals surface area contributed by atoms with Crippen molar-refractivity contribution in [2.45, 2.75) is 9.79 Å². The molecule has 15 heteroatoms. The van der Waals surface area contributed by atoms with Crippen molar-refractivity contribution in [3.8, 4) is 5.75 Å². The molecule has 0 aliphatic rings. The molecule has 2 aromatic carbocycles. The molecule has 4 N–H and O–H groups in total. The first-order chi connectivity index (χ1) is 12.1. The number of hydrogen-bond donors (Lipinski definition) is 4. The third-order valence-electron chi connectivity index (χ3n) is 3.17. The summed E-state index contributed by atoms with van der Waals surface area (Å²) in [4.78, 5) is -1.46. The SMILES string of the molecule is O=S(=O)(O)c1ccc2c(N=Nc3nn[nH]n3)c(O)c(S(=O)(=O)O)cc2c1. The number of nitrogens with one attached hydrogen (secondary N) is 1. The summed E-state index contributed by atoms with van der Waals surface area (Å²) in [5, 5.41) is 29.7. The average molecular weight is 400 g/mol. The van der Waals surface area contributed by atoms with Crippen LogP contribution in [-0.4, -0.2) is 51.7 Å². The van der Waals surface area contributed by atoms with Crippen molar-refractivity contribution in [3.63, 3.8) is 0 Å². The smallest absolute Gasteiger partial charge is 0.307 e. The lowest BCUT2D eigenvalue weighted by Crippen LogP contribution is -2.00. The summed E-state index contributed by atoms with van der Waals surface area (Å²) in [7, 11) is -9.46. The van der Waals surface area contributed by atoms with Crippen LogP contribution in [0.4, 0.5) is 11.6 Å². The number of phenolic OH excluding ortho intramolecular Hbond substituents is 1. The van der Waals surface area contributed by atoms with Crippen LogP contribution in [0.1, 0.15) is 0 Å². The highest BCUT2D eigenvalue weighted by Crippen LogP contribution is 2.41. The van der Waals surface area contributed by atoms with Crippen LogP contribution in [0, 0.1) is 0 Å². The van der Waals surface area contributed by atoms with Crippen LogP contribution in [0.2, 0.25) is 0 Å². The first-order valence-electron chi connectivity index (χ1n) is 6.47. The molecule has 0 saturated carbocycles. The number of H-pyrrole nitrogens is 1. The second kappa shape index (κ2) is 6.06. The summed E-state index contributed by atoms with van der Waals surface area (Å²) in [6, 6.07) is 3.93. The Hall–Kier alpha value is -3.01. The van der Waals surface area contributed by atoms with E-state index in [0.717, 1.165) is 24.3 Å². The Kier molecular flexibility index (Phi) is 4.15. The van der Waals surface area contributed by atoms with E-state index in [2.05, 4.69) is 30.9 Å². The van der Waals surface area contributed by atoms with Crippen LogP contribution in [0.15, 0.2) is 44.3 Å². The number of fused-ring (bicyclic) bond motifs is 1. The van der Waals surface area contributed by atoms with Crippen LogP contribution >= 0.6 is 0 Å². The van der Waals surface area contributed by atoms with E-state index in [1.807, 2.05) is 0 Å². The van der Waals surface area contributed by atoms with Gasteiger partial charge in [-0.05, 0) is 28.8 Å². The number of tetrazole rings is 1. The number of aromatic hydroxyl groups is 1. The Morgan fingerprint density at radius 2 is 1.73 bits per heavy atom. The molecule has 13 nitrogen and oxygen atoms in total. The predicted molar refractivity (Wildman–Crippen MR) is 83.6 cm³/mol. The zero-order valence-electron chi connectivity index (χ0n) is 12.3. The summed E-state index contributed by atoms with van der Waals surface area (Å²) in [5.41, 5.74) is -0.401. The first kappa shape index (κ1) is 17.8. The molecule has 0 amide bonds. The molecule has 0 fully saturated rings. The largest absolute Gasteiger partial charge is 0.504 e. The van der Waals surface area contributed by atoms with Gasteiger partial charge in [-0.15, -0.1) is 15.3 Å². The van der Waals surface area contributed by atoms with E-state index in [4.69, 9.17) is 4.55 Å². The zero-order chi connectivity index (χ0) is 19.1. The van der Waals surface area contributed by atoms with Crippen molar-refractivity contribution < 1.29 is 31.0 Å². The van der Waals surface area contributed by atoms with Crippen LogP contribution in [-0.2, 0) is 20.2 Å². The van der Waals surface area contributed by atoms with Gasteiger partial charge in [-0.1, -0.05) is 11.2 Å². The van der Waals surface area contributed by atoms with Gasteiger partial charge in [-0.3, -0.25) is 9.11 Å². The van der Waals surface area contributed by atoms with Crippen LogP contribution in [0.3, 0.4) is 0 Å². The number of nitrogens with zero attached hydrogens (tertiary/aromatic N) is 5. The molecule has 3 rings (SSSR count). The third kappa shape index (κ3) is 3.36. The Morgan fingerprint density at radius 1 is 1.00 bits per heavy atom. The summed E-state index contributed by atoms with van der Waals surface area (Å²) < 4.78 is 63.9. The molecule has 0 unspecified atom stereocenters. The van der Waals surface area contributed by atoms with Gasteiger partial charge in [-0.2, -0.15) is 22.0 Å². The minimum Gasteiger partial charge on any atom is -0.504 e. The minimum absolute atomic E-state index is 0.0624. The lowest BCUT2D eigenvalue weighted by atomic mass is 10.1. The molecule has 26 heavy (non-hydrogen) atoms. The van der Waals surface area contributed by atoms with Crippen molar-refractivity contribution in [1.82, 2.24) is 20.6 Å². The van der Waals surface area contributed by atoms with Crippen molar-refractivity contribution in [2.75, 3.05) is 0 Å². The predicted octanol–water partition coefficient (Wildman–Crippen LogP) is 0.967. The quantitative estimate of drug-likeness (QED) is 0.360. The second-order valence-corrected chi connectivity index (χ2v) is 7.63. The molecule has 0 atom stereocenters. The molecular weight excluding hydrogens is 392 g/mol. The third-order valence-corrected chi connectivity index (χ3v) is 4.89. The molecule has 1 aromatic heterocycles. The van der Waals surface area contributed by atoms with Crippen molar-refractivity contribution >= 4 is 42.6 Å². The number of aromatic amines is 1. The van der Waals surface area contributed by atoms with Crippen LogP contribution in [0.5, 0.6) is 5.75 Å². The van der Waals surface area contributed by atoms with E-state index >= 15 is 0 Å². The fourth-order valence-corrected chi connectivity index (χ4v) is 3.21. The maximum absolute atomic E-state index is 11.5. The molecule has 0 radical (unpaired) electrons. The molecule has 1 heterocycles. The van der Waals surface area contributed by atoms with Gasteiger partial charge in [0.2, 0.25) is 0 Å². The van der Waals surface area contributed by atoms with Gasteiger partial charge in [0.25, 0.3) is 20.2 Å². The van der Waals surface area contributed by atoms with Crippen LogP contribution in [0.25, 0.3) is 10.8 Å². The second-order valence-electron chi connectivity index (χ2n) is 4.82. The van der Waals surface area contributed by atoms with Gasteiger partial charge in [0.05, 0.1) is 4.90 Å². The highest BCUT2D eigenvalue weighted by Gasteiger charge is 2.23. The zero-order valence-corrected chi connectivity index (χ0v) is 14.0. The fraction of sp³-hybridized carbons (Fsp3) is 0. The number of azo groups is 1. The van der Waals surface area contributed by atoms with Crippen molar-refractivity contribution in [3.05, 3.63) is 24.3 Å². The fourth-order valence-electron chi connectivity index (χ4n) is 2.08. The number of hydrogen-bond acceptors (Lipinski definition) is 10. The first-order valence-corrected chi connectivity index (χ1v) is 9.35. The lowest BCUT2D eigenvalue weighted by Gasteiger charge is -2.09. The number of phenols is 1. The molecule has 0 aliphatic heterocycles. The highest BCUT2D eigenvalue weighted by molar-refractivity contribution is 7.86. The van der Waals surface area contributed by atoms with Gasteiger partial charge in [0, 0.05) is 5.39 Å². The molecule has 0 spiro atoms. The van der Waals surface area contributed by atoms with E-state index in [1.165, 1.54) is 0 Å². The number of rotatable bonds is 4. The number of aromatic nitrogens is 4. The highest BCUT2D eigenvalue weighted by atomic mass is 32.2. The van der Waals surface area contributed by atoms with Crippen molar-refractivity contribution in [1.29, 1.82) is 0 Å². The maximum Gasteiger partial charge on any atom is 0.307 e. The van der Waals surface area contributed by atoms with Gasteiger partial charge in [0.1, 0.15) is 10.6 Å². The minimum atomic E-state index is -4.88. The summed E-state index contributed by atoms with van der Waals surface area (Å²) in [5.74, 6) is -1.16. The van der Waals surface area contributed by atoms with E-state index in [9.17, 15) is 26.5 Å². The number of benzene rings is 2. The van der Waals surface area contributed by atoms with Gasteiger partial charge in [0.15, 0.2) is 5.75 Å². The van der Waals surface area contributed by atoms with E-state index < -0.39 is 41.5 Å². The molecular formula is C11H8N6O7S2. The van der Waals surface area contributed by atoms with Gasteiger partial charge >= 0.3 is 5.95 Å². The van der Waals surface area contributed by atoms with Gasteiger partial charge in [-0.25, -0.2) is 0 Å². The van der Waals surface area contributed by atoms with Gasteiger partial charge < -0.3 is 5.11 Å². The Labute approximate surface area is 144 Å². The van der Waals surface area contributed by atoms with E-state index in [0.29, 0.717) is 0 Å². The lowest BCUT2D eigenvalue weighted by molar-refractivity contribution is 0.445. The monoisotopic (exact) mass is 400 g/mol. The topological polar surface area (TPSA) is 208 Å². The summed E-state index contributed by atoms with van der Waals surface area (Å²) in [6.07, 6.45) is 0. The molecule has 0 saturated heterocycles. The Bertz CT molecular complexity index is 1240. The normalized spacial score (nSPS) is 12.8. The molecule has 136 valence electrons.